The molecule has 0 unspecified atom stereocenters. The van der Waals surface area contributed by atoms with E-state index in [0.717, 1.165) is 21.2 Å². The lowest BCUT2D eigenvalue weighted by Crippen LogP contribution is -1.87. The third-order valence-electron chi connectivity index (χ3n) is 2.68. The first-order valence-corrected chi connectivity index (χ1v) is 6.23. The Kier molecular flexibility index (Phi) is 2.90. The first-order chi connectivity index (χ1) is 8.86. The molecule has 0 saturated heterocycles. The molecule has 0 aliphatic heterocycles. The van der Waals surface area contributed by atoms with E-state index in [1.54, 1.807) is 0 Å². The molecule has 3 rings (SSSR count). The summed E-state index contributed by atoms with van der Waals surface area (Å²) in [5.41, 5.74) is 3.14. The Morgan fingerprint density at radius 2 is 1.50 bits per heavy atom. The van der Waals surface area contributed by atoms with Gasteiger partial charge in [0.1, 0.15) is 0 Å². The summed E-state index contributed by atoms with van der Waals surface area (Å²) in [6, 6.07) is 16.1. The zero-order chi connectivity index (χ0) is 12.4. The number of rotatable bonds is 2. The predicted octanol–water partition coefficient (Wildman–Crippen LogP) is 3.30. The van der Waals surface area contributed by atoms with E-state index in [0.29, 0.717) is 5.82 Å². The van der Waals surface area contributed by atoms with Gasteiger partial charge in [0.05, 0.1) is 0 Å². The van der Waals surface area contributed by atoms with Gasteiger partial charge in [0, 0.05) is 10.0 Å². The highest BCUT2D eigenvalue weighted by atomic mass is 79.9. The van der Waals surface area contributed by atoms with Crippen molar-refractivity contribution in [1.29, 1.82) is 0 Å². The number of hydrogen-bond donors (Lipinski definition) is 1. The fourth-order valence-electron chi connectivity index (χ4n) is 1.87. The van der Waals surface area contributed by atoms with Crippen molar-refractivity contribution in [2.24, 2.45) is 0 Å². The van der Waals surface area contributed by atoms with Gasteiger partial charge in [0.2, 0.25) is 5.82 Å². The second-order valence-electron chi connectivity index (χ2n) is 3.76. The first kappa shape index (κ1) is 11.1. The molecule has 0 aliphatic carbocycles. The molecule has 1 aromatic heterocycles. The molecule has 4 nitrogen and oxygen atoms in total. The third kappa shape index (κ3) is 1.93. The smallest absolute Gasteiger partial charge is 0.177 e. The number of benzene rings is 2. The molecule has 0 saturated carbocycles. The minimum atomic E-state index is 0.598. The SMILES string of the molecule is Brc1ccccc1-c1ccccc1-c1nn[nH]n1. The number of hydrogen-bond acceptors (Lipinski definition) is 3. The van der Waals surface area contributed by atoms with E-state index in [2.05, 4.69) is 42.6 Å². The second-order valence-corrected chi connectivity index (χ2v) is 4.62. The molecule has 3 aromatic rings. The van der Waals surface area contributed by atoms with Gasteiger partial charge in [-0.3, -0.25) is 0 Å². The number of aromatic amines is 1. The summed E-state index contributed by atoms with van der Waals surface area (Å²) in [6.07, 6.45) is 0. The maximum absolute atomic E-state index is 4.04. The molecule has 2 aromatic carbocycles. The summed E-state index contributed by atoms with van der Waals surface area (Å²) in [7, 11) is 0. The number of tetrazole rings is 1. The van der Waals surface area contributed by atoms with Crippen molar-refractivity contribution >= 4 is 15.9 Å². The lowest BCUT2D eigenvalue weighted by Gasteiger charge is -2.08. The maximum Gasteiger partial charge on any atom is 0.205 e. The van der Waals surface area contributed by atoms with Gasteiger partial charge in [-0.15, -0.1) is 10.2 Å². The molecule has 88 valence electrons. The van der Waals surface area contributed by atoms with Gasteiger partial charge in [0.15, 0.2) is 0 Å². The molecule has 0 fully saturated rings. The van der Waals surface area contributed by atoms with Crippen molar-refractivity contribution < 1.29 is 0 Å². The van der Waals surface area contributed by atoms with Crippen LogP contribution in [0.1, 0.15) is 0 Å². The Balaban J connectivity index is 2.22. The van der Waals surface area contributed by atoms with Crippen molar-refractivity contribution in [3.63, 3.8) is 0 Å². The van der Waals surface area contributed by atoms with Crippen LogP contribution in [0.3, 0.4) is 0 Å². The quantitative estimate of drug-likeness (QED) is 0.790. The van der Waals surface area contributed by atoms with Crippen molar-refractivity contribution in [1.82, 2.24) is 20.6 Å². The summed E-state index contributed by atoms with van der Waals surface area (Å²) < 4.78 is 1.04. The van der Waals surface area contributed by atoms with Crippen LogP contribution in [0, 0.1) is 0 Å². The fraction of sp³-hybridized carbons (Fsp3) is 0. The fourth-order valence-corrected chi connectivity index (χ4v) is 2.37. The molecule has 1 heterocycles. The topological polar surface area (TPSA) is 54.5 Å². The van der Waals surface area contributed by atoms with E-state index >= 15 is 0 Å². The zero-order valence-corrected chi connectivity index (χ0v) is 10.9. The normalized spacial score (nSPS) is 10.5. The number of aromatic nitrogens is 4. The average molecular weight is 301 g/mol. The van der Waals surface area contributed by atoms with Crippen molar-refractivity contribution in [3.8, 4) is 22.5 Å². The molecule has 0 aliphatic rings. The first-order valence-electron chi connectivity index (χ1n) is 5.44. The monoisotopic (exact) mass is 300 g/mol. The summed E-state index contributed by atoms with van der Waals surface area (Å²) in [5, 5.41) is 14.2. The van der Waals surface area contributed by atoms with Crippen LogP contribution in [0.5, 0.6) is 0 Å². The Bertz CT molecular complexity index is 664. The van der Waals surface area contributed by atoms with E-state index in [1.807, 2.05) is 42.5 Å². The molecule has 18 heavy (non-hydrogen) atoms. The molecule has 0 bridgehead atoms. The largest absolute Gasteiger partial charge is 0.205 e. The van der Waals surface area contributed by atoms with Gasteiger partial charge in [0.25, 0.3) is 0 Å². The second kappa shape index (κ2) is 4.70. The molecule has 5 heteroatoms. The summed E-state index contributed by atoms with van der Waals surface area (Å²) >= 11 is 3.57. The van der Waals surface area contributed by atoms with Gasteiger partial charge in [-0.1, -0.05) is 58.4 Å². The summed E-state index contributed by atoms with van der Waals surface area (Å²) in [6.45, 7) is 0. The van der Waals surface area contributed by atoms with Gasteiger partial charge < -0.3 is 0 Å². The highest BCUT2D eigenvalue weighted by Gasteiger charge is 2.11. The lowest BCUT2D eigenvalue weighted by molar-refractivity contribution is 0.881. The lowest BCUT2D eigenvalue weighted by atomic mass is 9.99. The van der Waals surface area contributed by atoms with Crippen LogP contribution in [0.25, 0.3) is 22.5 Å². The Hall–Kier alpha value is -2.01. The van der Waals surface area contributed by atoms with Gasteiger partial charge >= 0.3 is 0 Å². The highest BCUT2D eigenvalue weighted by molar-refractivity contribution is 9.10. The van der Waals surface area contributed by atoms with E-state index in [-0.39, 0.29) is 0 Å². The van der Waals surface area contributed by atoms with Crippen LogP contribution in [-0.4, -0.2) is 20.6 Å². The highest BCUT2D eigenvalue weighted by Crippen LogP contribution is 2.34. The van der Waals surface area contributed by atoms with E-state index in [1.165, 1.54) is 0 Å². The molecule has 0 radical (unpaired) electrons. The predicted molar refractivity (Wildman–Crippen MR) is 72.7 cm³/mol. The average Bonchev–Trinajstić information content (AvgIpc) is 2.93. The maximum atomic E-state index is 4.04. The van der Waals surface area contributed by atoms with Gasteiger partial charge in [-0.2, -0.15) is 5.21 Å². The number of nitrogens with zero attached hydrogens (tertiary/aromatic N) is 3. The molecule has 0 amide bonds. The molecule has 0 spiro atoms. The van der Waals surface area contributed by atoms with Gasteiger partial charge in [-0.25, -0.2) is 0 Å². The van der Waals surface area contributed by atoms with Crippen LogP contribution >= 0.6 is 15.9 Å². The Labute approximate surface area is 112 Å². The number of H-pyrrole nitrogens is 1. The summed E-state index contributed by atoms with van der Waals surface area (Å²) in [5.74, 6) is 0.598. The van der Waals surface area contributed by atoms with Crippen LogP contribution in [-0.2, 0) is 0 Å². The van der Waals surface area contributed by atoms with Crippen LogP contribution in [0.2, 0.25) is 0 Å². The molecule has 0 atom stereocenters. The van der Waals surface area contributed by atoms with Crippen molar-refractivity contribution in [2.45, 2.75) is 0 Å². The molecular formula is C13H9BrN4. The standard InChI is InChI=1S/C13H9BrN4/c14-12-8-4-3-6-10(12)9-5-1-2-7-11(9)13-15-17-18-16-13/h1-8H,(H,15,16,17,18). The molecule has 1 N–H and O–H groups in total. The minimum Gasteiger partial charge on any atom is -0.177 e. The summed E-state index contributed by atoms with van der Waals surface area (Å²) in [4.78, 5) is 0. The van der Waals surface area contributed by atoms with Crippen molar-refractivity contribution in [3.05, 3.63) is 53.0 Å². The Morgan fingerprint density at radius 3 is 2.17 bits per heavy atom. The van der Waals surface area contributed by atoms with E-state index in [9.17, 15) is 0 Å². The van der Waals surface area contributed by atoms with Crippen LogP contribution < -0.4 is 0 Å². The molecular weight excluding hydrogens is 292 g/mol. The van der Waals surface area contributed by atoms with Crippen molar-refractivity contribution in [2.75, 3.05) is 0 Å². The van der Waals surface area contributed by atoms with Gasteiger partial charge in [-0.05, 0) is 22.4 Å². The number of halogens is 1. The zero-order valence-electron chi connectivity index (χ0n) is 9.34. The Morgan fingerprint density at radius 1 is 0.833 bits per heavy atom. The van der Waals surface area contributed by atoms with Crippen LogP contribution in [0.4, 0.5) is 0 Å². The number of nitrogens with one attached hydrogen (secondary N) is 1. The van der Waals surface area contributed by atoms with E-state index in [4.69, 9.17) is 0 Å². The van der Waals surface area contributed by atoms with E-state index < -0.39 is 0 Å². The van der Waals surface area contributed by atoms with Crippen LogP contribution in [0.15, 0.2) is 53.0 Å². The third-order valence-corrected chi connectivity index (χ3v) is 3.37. The minimum absolute atomic E-state index is 0.598.